The van der Waals surface area contributed by atoms with Gasteiger partial charge in [-0.25, -0.2) is 4.39 Å². The second-order valence-electron chi connectivity index (χ2n) is 15.2. The molecule has 5 aliphatic heterocycles. The Labute approximate surface area is 312 Å². The predicted octanol–water partition coefficient (Wildman–Crippen LogP) is 4.89. The van der Waals surface area contributed by atoms with E-state index in [2.05, 4.69) is 61.8 Å². The Balaban J connectivity index is 0.797. The maximum atomic E-state index is 14.1. The Bertz CT molecular complexity index is 2170. The van der Waals surface area contributed by atoms with E-state index < -0.39 is 17.6 Å². The molecule has 9 rings (SSSR count). The van der Waals surface area contributed by atoms with Crippen LogP contribution < -0.4 is 20.3 Å². The van der Waals surface area contributed by atoms with Crippen LogP contribution in [0.4, 0.5) is 15.9 Å². The molecule has 3 N–H and O–H groups in total. The number of carbonyl (C=O) groups excluding carboxylic acids is 3. The van der Waals surface area contributed by atoms with Gasteiger partial charge >= 0.3 is 0 Å². The molecule has 0 bridgehead atoms. The summed E-state index contributed by atoms with van der Waals surface area (Å²) in [6.45, 7) is 6.69. The lowest BCUT2D eigenvalue weighted by Crippen LogP contribution is -2.52. The molecule has 0 spiro atoms. The van der Waals surface area contributed by atoms with Crippen molar-refractivity contribution in [3.8, 4) is 22.8 Å². The standard InChI is InChI=1S/C41H42FN7O5/c1-23-15-29(54-30-17-28-19-43-39-36(48(28)22-30)18-34(45-46-39)31-3-2-4-33(42)38(31)51)8-7-26(23)20-47-13-11-24(12-14-47)25-5-6-27-21-49(41(53)32(27)16-25)35-9-10-37(50)44-40(35)52/h2-8,15-16,18,24,28,30,35,51H,9-14,17,19-22H2,1H3,(H,43,46)(H,44,50,52)/t28-,30+,35?/m0/s1. The number of fused-ring (bicyclic) bond motifs is 4. The maximum Gasteiger partial charge on any atom is 0.255 e. The van der Waals surface area contributed by atoms with Crippen LogP contribution in [0.15, 0.2) is 60.7 Å². The highest BCUT2D eigenvalue weighted by Crippen LogP contribution is 2.40. The van der Waals surface area contributed by atoms with Crippen molar-refractivity contribution in [2.45, 2.75) is 76.2 Å². The van der Waals surface area contributed by atoms with Crippen LogP contribution in [0, 0.1) is 12.7 Å². The largest absolute Gasteiger partial charge is 0.504 e. The van der Waals surface area contributed by atoms with E-state index in [1.807, 2.05) is 18.2 Å². The van der Waals surface area contributed by atoms with Gasteiger partial charge in [-0.15, -0.1) is 10.2 Å². The number of phenols is 1. The summed E-state index contributed by atoms with van der Waals surface area (Å²) in [4.78, 5) is 43.8. The van der Waals surface area contributed by atoms with Crippen molar-refractivity contribution in [3.63, 3.8) is 0 Å². The molecule has 4 aromatic rings. The Hall–Kier alpha value is -5.56. The number of likely N-dealkylation sites (tertiary alicyclic amines) is 1. The molecule has 3 fully saturated rings. The first-order valence-corrected chi connectivity index (χ1v) is 18.8. The number of halogens is 1. The predicted molar refractivity (Wildman–Crippen MR) is 199 cm³/mol. The third-order valence-corrected chi connectivity index (χ3v) is 11.8. The lowest BCUT2D eigenvalue weighted by atomic mass is 9.87. The van der Waals surface area contributed by atoms with Gasteiger partial charge in [-0.1, -0.05) is 24.3 Å². The van der Waals surface area contributed by atoms with Crippen molar-refractivity contribution in [3.05, 3.63) is 94.3 Å². The third kappa shape index (κ3) is 6.29. The smallest absolute Gasteiger partial charge is 0.255 e. The fourth-order valence-corrected chi connectivity index (χ4v) is 8.85. The van der Waals surface area contributed by atoms with Crippen molar-refractivity contribution in [2.24, 2.45) is 0 Å². The summed E-state index contributed by atoms with van der Waals surface area (Å²) < 4.78 is 20.6. The van der Waals surface area contributed by atoms with E-state index in [0.29, 0.717) is 54.6 Å². The van der Waals surface area contributed by atoms with Gasteiger partial charge in [0.05, 0.1) is 24.0 Å². The number of hydrogen-bond donors (Lipinski definition) is 3. The van der Waals surface area contributed by atoms with Crippen LogP contribution in [0.3, 0.4) is 0 Å². The summed E-state index contributed by atoms with van der Waals surface area (Å²) in [6, 6.07) is 18.4. The summed E-state index contributed by atoms with van der Waals surface area (Å²) in [7, 11) is 0. The number of phenolic OH excluding ortho intramolecular Hbond substituents is 1. The number of hydrogen-bond acceptors (Lipinski definition) is 10. The van der Waals surface area contributed by atoms with Gasteiger partial charge in [0.15, 0.2) is 17.4 Å². The molecule has 0 radical (unpaired) electrons. The summed E-state index contributed by atoms with van der Waals surface area (Å²) in [5.41, 5.74) is 6.82. The molecular weight excluding hydrogens is 689 g/mol. The third-order valence-electron chi connectivity index (χ3n) is 11.8. The van der Waals surface area contributed by atoms with Crippen molar-refractivity contribution >= 4 is 29.2 Å². The molecule has 3 atom stereocenters. The number of ether oxygens (including phenoxy) is 1. The van der Waals surface area contributed by atoms with E-state index in [-0.39, 0.29) is 36.3 Å². The Morgan fingerprint density at radius 3 is 2.63 bits per heavy atom. The van der Waals surface area contributed by atoms with Gasteiger partial charge in [0.1, 0.15) is 17.9 Å². The van der Waals surface area contributed by atoms with Crippen molar-refractivity contribution < 1.29 is 28.6 Å². The molecule has 1 aromatic heterocycles. The second kappa shape index (κ2) is 13.7. The van der Waals surface area contributed by atoms with Crippen LogP contribution >= 0.6 is 0 Å². The van der Waals surface area contributed by atoms with E-state index in [9.17, 15) is 23.9 Å². The van der Waals surface area contributed by atoms with Gasteiger partial charge in [-0.05, 0) is 104 Å². The molecule has 1 unspecified atom stereocenters. The number of carbonyl (C=O) groups is 3. The van der Waals surface area contributed by atoms with Gasteiger partial charge in [0.25, 0.3) is 5.91 Å². The molecule has 6 heterocycles. The van der Waals surface area contributed by atoms with Gasteiger partial charge in [0.2, 0.25) is 11.8 Å². The number of benzene rings is 3. The fraction of sp³-hybridized carbons (Fsp3) is 0.390. The second-order valence-corrected chi connectivity index (χ2v) is 15.2. The Kier molecular flexibility index (Phi) is 8.68. The maximum absolute atomic E-state index is 14.1. The molecule has 12 nitrogen and oxygen atoms in total. The van der Waals surface area contributed by atoms with Crippen molar-refractivity contribution in [1.82, 2.24) is 25.3 Å². The van der Waals surface area contributed by atoms with E-state index in [1.54, 1.807) is 17.0 Å². The monoisotopic (exact) mass is 731 g/mol. The quantitative estimate of drug-likeness (QED) is 0.225. The SMILES string of the molecule is Cc1cc(O[C@@H]2C[C@H]3CNc4nnc(-c5cccc(F)c5O)cc4N3C2)ccc1CN1CCC(c2ccc3c(c2)C(=O)N(C2CCC(=O)NC2=O)C3)CC1. The van der Waals surface area contributed by atoms with E-state index >= 15 is 0 Å². The van der Waals surface area contributed by atoms with Gasteiger partial charge in [0, 0.05) is 43.6 Å². The first kappa shape index (κ1) is 34.2. The van der Waals surface area contributed by atoms with E-state index in [4.69, 9.17) is 4.74 Å². The van der Waals surface area contributed by atoms with Crippen LogP contribution in [0.2, 0.25) is 0 Å². The van der Waals surface area contributed by atoms with Crippen LogP contribution in [-0.2, 0) is 22.7 Å². The molecule has 3 aromatic carbocycles. The minimum Gasteiger partial charge on any atom is -0.504 e. The number of piperidine rings is 2. The van der Waals surface area contributed by atoms with Crippen LogP contribution in [0.25, 0.3) is 11.3 Å². The first-order chi connectivity index (χ1) is 26.2. The van der Waals surface area contributed by atoms with Gasteiger partial charge in [-0.2, -0.15) is 0 Å². The lowest BCUT2D eigenvalue weighted by molar-refractivity contribution is -0.136. The summed E-state index contributed by atoms with van der Waals surface area (Å²) >= 11 is 0. The minimum atomic E-state index is -0.696. The number of nitrogens with one attached hydrogen (secondary N) is 2. The molecule has 54 heavy (non-hydrogen) atoms. The highest BCUT2D eigenvalue weighted by atomic mass is 19.1. The molecule has 3 amide bonds. The van der Waals surface area contributed by atoms with Gasteiger partial charge < -0.3 is 25.0 Å². The average molecular weight is 732 g/mol. The zero-order valence-electron chi connectivity index (χ0n) is 30.1. The number of nitrogens with zero attached hydrogens (tertiary/aromatic N) is 5. The number of aromatic nitrogens is 2. The number of aryl methyl sites for hydroxylation is 1. The van der Waals surface area contributed by atoms with Crippen LogP contribution in [-0.4, -0.2) is 87.2 Å². The summed E-state index contributed by atoms with van der Waals surface area (Å²) in [6.07, 6.45) is 3.42. The number of para-hydroxylation sites is 1. The minimum absolute atomic E-state index is 0.0266. The van der Waals surface area contributed by atoms with Crippen molar-refractivity contribution in [2.75, 3.05) is 36.4 Å². The van der Waals surface area contributed by atoms with Gasteiger partial charge in [-0.3, -0.25) is 24.6 Å². The highest BCUT2D eigenvalue weighted by molar-refractivity contribution is 6.05. The normalized spacial score (nSPS) is 22.8. The molecule has 13 heteroatoms. The van der Waals surface area contributed by atoms with E-state index in [1.165, 1.54) is 22.8 Å². The molecule has 0 aliphatic carbocycles. The molecular formula is C41H42FN7O5. The fourth-order valence-electron chi connectivity index (χ4n) is 8.85. The summed E-state index contributed by atoms with van der Waals surface area (Å²) in [5.74, 6) is -0.0544. The van der Waals surface area contributed by atoms with Crippen LogP contribution in [0.1, 0.15) is 70.6 Å². The number of aromatic hydroxyl groups is 1. The molecule has 3 saturated heterocycles. The lowest BCUT2D eigenvalue weighted by Gasteiger charge is -2.33. The molecule has 5 aliphatic rings. The number of imide groups is 1. The molecule has 0 saturated carbocycles. The number of anilines is 2. The topological polar surface area (TPSA) is 140 Å². The molecule has 278 valence electrons. The Morgan fingerprint density at radius 1 is 0.963 bits per heavy atom. The zero-order valence-corrected chi connectivity index (χ0v) is 30.1. The van der Waals surface area contributed by atoms with Crippen molar-refractivity contribution in [1.29, 1.82) is 0 Å². The zero-order chi connectivity index (χ0) is 37.1. The van der Waals surface area contributed by atoms with Crippen LogP contribution in [0.5, 0.6) is 11.5 Å². The number of rotatable bonds is 7. The number of amides is 3. The van der Waals surface area contributed by atoms with E-state index in [0.717, 1.165) is 55.9 Å². The average Bonchev–Trinajstić information content (AvgIpc) is 3.74. The first-order valence-electron chi connectivity index (χ1n) is 18.8. The Morgan fingerprint density at radius 2 is 1.81 bits per heavy atom. The summed E-state index contributed by atoms with van der Waals surface area (Å²) in [5, 5.41) is 24.6. The highest BCUT2D eigenvalue weighted by Gasteiger charge is 2.40.